The topological polar surface area (TPSA) is 70.5 Å². The van der Waals surface area contributed by atoms with E-state index in [1.807, 2.05) is 0 Å². The maximum Gasteiger partial charge on any atom is 0.323 e. The second kappa shape index (κ2) is 4.54. The summed E-state index contributed by atoms with van der Waals surface area (Å²) in [4.78, 5) is 27.2. The van der Waals surface area contributed by atoms with Crippen molar-refractivity contribution in [3.63, 3.8) is 0 Å². The minimum absolute atomic E-state index is 0.305. The number of carbonyl (C=O) groups is 2. The van der Waals surface area contributed by atoms with Gasteiger partial charge in [0.25, 0.3) is 5.91 Å². The molecule has 0 atom stereocenters. The number of carbonyl (C=O) groups excluding carboxylic acids is 1. The lowest BCUT2D eigenvalue weighted by Crippen LogP contribution is -2.31. The number of amides is 1. The minimum Gasteiger partial charge on any atom is -0.480 e. The van der Waals surface area contributed by atoms with E-state index in [0.717, 1.165) is 10.6 Å². The monoisotopic (exact) mass is 208 g/mol. The molecule has 0 aliphatic rings. The normalized spacial score (nSPS) is 9.73. The van der Waals surface area contributed by atoms with Crippen LogP contribution in [-0.4, -0.2) is 40.5 Å². The lowest BCUT2D eigenvalue weighted by atomic mass is 10.2. The van der Waals surface area contributed by atoms with Crippen LogP contribution in [0.15, 0.2) is 18.3 Å². The first kappa shape index (κ1) is 11.2. The van der Waals surface area contributed by atoms with Crippen LogP contribution < -0.4 is 0 Å². The third kappa shape index (κ3) is 3.05. The van der Waals surface area contributed by atoms with Crippen LogP contribution in [0.4, 0.5) is 0 Å². The van der Waals surface area contributed by atoms with Crippen molar-refractivity contribution in [3.8, 4) is 0 Å². The fourth-order valence-corrected chi connectivity index (χ4v) is 1.17. The first-order valence-electron chi connectivity index (χ1n) is 4.40. The quantitative estimate of drug-likeness (QED) is 0.787. The molecule has 1 aromatic heterocycles. The molecule has 0 unspecified atom stereocenters. The molecule has 5 heteroatoms. The van der Waals surface area contributed by atoms with Gasteiger partial charge in [0.2, 0.25) is 0 Å². The number of hydrogen-bond donors (Lipinski definition) is 1. The first-order chi connectivity index (χ1) is 7.00. The van der Waals surface area contributed by atoms with Crippen molar-refractivity contribution in [2.24, 2.45) is 0 Å². The van der Waals surface area contributed by atoms with E-state index in [9.17, 15) is 9.59 Å². The molecule has 0 saturated heterocycles. The molecular weight excluding hydrogens is 196 g/mol. The highest BCUT2D eigenvalue weighted by Gasteiger charge is 2.14. The Labute approximate surface area is 87.4 Å². The highest BCUT2D eigenvalue weighted by Crippen LogP contribution is 2.04. The van der Waals surface area contributed by atoms with E-state index in [0.29, 0.717) is 5.56 Å². The van der Waals surface area contributed by atoms with Gasteiger partial charge in [0, 0.05) is 24.5 Å². The number of aryl methyl sites for hydroxylation is 1. The number of carboxylic acid groups (broad SMARTS) is 1. The molecule has 1 heterocycles. The zero-order valence-corrected chi connectivity index (χ0v) is 8.60. The number of aromatic nitrogens is 1. The number of pyridine rings is 1. The Balaban J connectivity index is 2.80. The molecule has 0 radical (unpaired) electrons. The van der Waals surface area contributed by atoms with Gasteiger partial charge in [0.05, 0.1) is 0 Å². The fourth-order valence-electron chi connectivity index (χ4n) is 1.17. The SMILES string of the molecule is Cc1cc(C(=O)N(C)CC(=O)O)ccn1. The van der Waals surface area contributed by atoms with E-state index < -0.39 is 5.97 Å². The number of rotatable bonds is 3. The summed E-state index contributed by atoms with van der Waals surface area (Å²) in [6.45, 7) is 1.47. The second-order valence-electron chi connectivity index (χ2n) is 3.24. The van der Waals surface area contributed by atoms with Crippen molar-refractivity contribution >= 4 is 11.9 Å². The van der Waals surface area contributed by atoms with Gasteiger partial charge in [-0.25, -0.2) is 0 Å². The van der Waals surface area contributed by atoms with Crippen LogP contribution in [0.5, 0.6) is 0 Å². The second-order valence-corrected chi connectivity index (χ2v) is 3.24. The summed E-state index contributed by atoms with van der Waals surface area (Å²) in [5.74, 6) is -1.35. The van der Waals surface area contributed by atoms with Crippen molar-refractivity contribution in [3.05, 3.63) is 29.6 Å². The average Bonchev–Trinajstić information content (AvgIpc) is 2.15. The first-order valence-corrected chi connectivity index (χ1v) is 4.40. The van der Waals surface area contributed by atoms with E-state index in [1.165, 1.54) is 13.2 Å². The van der Waals surface area contributed by atoms with E-state index in [1.54, 1.807) is 19.1 Å². The zero-order chi connectivity index (χ0) is 11.4. The molecule has 0 aliphatic carbocycles. The molecular formula is C10H12N2O3. The largest absolute Gasteiger partial charge is 0.480 e. The van der Waals surface area contributed by atoms with Crippen LogP contribution in [0.3, 0.4) is 0 Å². The summed E-state index contributed by atoms with van der Waals surface area (Å²) < 4.78 is 0. The van der Waals surface area contributed by atoms with Crippen molar-refractivity contribution in [1.82, 2.24) is 9.88 Å². The Kier molecular flexibility index (Phi) is 3.38. The van der Waals surface area contributed by atoms with Crippen molar-refractivity contribution in [1.29, 1.82) is 0 Å². The van der Waals surface area contributed by atoms with Gasteiger partial charge in [-0.15, -0.1) is 0 Å². The predicted octanol–water partition coefficient (Wildman–Crippen LogP) is 0.547. The minimum atomic E-state index is -1.03. The van der Waals surface area contributed by atoms with Gasteiger partial charge in [0.1, 0.15) is 6.54 Å². The summed E-state index contributed by atoms with van der Waals surface area (Å²) >= 11 is 0. The average molecular weight is 208 g/mol. The molecule has 1 rings (SSSR count). The molecule has 1 amide bonds. The summed E-state index contributed by atoms with van der Waals surface area (Å²) in [7, 11) is 1.45. The van der Waals surface area contributed by atoms with Crippen LogP contribution in [0.1, 0.15) is 16.1 Å². The molecule has 1 N–H and O–H groups in total. The molecule has 80 valence electrons. The Morgan fingerprint density at radius 3 is 2.73 bits per heavy atom. The number of likely N-dealkylation sites (N-methyl/N-ethyl adjacent to an activating group) is 1. The lowest BCUT2D eigenvalue weighted by Gasteiger charge is -2.14. The standard InChI is InChI=1S/C10H12N2O3/c1-7-5-8(3-4-11-7)10(15)12(2)6-9(13)14/h3-5H,6H2,1-2H3,(H,13,14). The van der Waals surface area contributed by atoms with Gasteiger partial charge in [-0.1, -0.05) is 0 Å². The van der Waals surface area contributed by atoms with Crippen molar-refractivity contribution in [2.45, 2.75) is 6.92 Å². The molecule has 0 bridgehead atoms. The molecule has 0 fully saturated rings. The van der Waals surface area contributed by atoms with Gasteiger partial charge in [-0.05, 0) is 19.1 Å². The fraction of sp³-hybridized carbons (Fsp3) is 0.300. The summed E-state index contributed by atoms with van der Waals surface area (Å²) in [6.07, 6.45) is 1.52. The molecule has 0 aliphatic heterocycles. The predicted molar refractivity (Wildman–Crippen MR) is 53.6 cm³/mol. The Bertz CT molecular complexity index is 390. The Hall–Kier alpha value is -1.91. The number of nitrogens with zero attached hydrogens (tertiary/aromatic N) is 2. The third-order valence-corrected chi connectivity index (χ3v) is 1.86. The molecule has 1 aromatic rings. The highest BCUT2D eigenvalue weighted by atomic mass is 16.4. The van der Waals surface area contributed by atoms with Crippen LogP contribution in [0, 0.1) is 6.92 Å². The van der Waals surface area contributed by atoms with Gasteiger partial charge < -0.3 is 10.0 Å². The van der Waals surface area contributed by atoms with Crippen molar-refractivity contribution < 1.29 is 14.7 Å². The molecule has 0 saturated carbocycles. The van der Waals surface area contributed by atoms with E-state index in [2.05, 4.69) is 4.98 Å². The van der Waals surface area contributed by atoms with E-state index in [4.69, 9.17) is 5.11 Å². The molecule has 15 heavy (non-hydrogen) atoms. The Morgan fingerprint density at radius 1 is 1.53 bits per heavy atom. The van der Waals surface area contributed by atoms with Crippen LogP contribution >= 0.6 is 0 Å². The zero-order valence-electron chi connectivity index (χ0n) is 8.60. The van der Waals surface area contributed by atoms with Crippen LogP contribution in [-0.2, 0) is 4.79 Å². The lowest BCUT2D eigenvalue weighted by molar-refractivity contribution is -0.137. The van der Waals surface area contributed by atoms with E-state index in [-0.39, 0.29) is 12.5 Å². The molecule has 0 aromatic carbocycles. The summed E-state index contributed by atoms with van der Waals surface area (Å²) in [5, 5.41) is 8.53. The number of aliphatic carboxylic acids is 1. The van der Waals surface area contributed by atoms with Gasteiger partial charge in [0.15, 0.2) is 0 Å². The summed E-state index contributed by atoms with van der Waals surface area (Å²) in [5.41, 5.74) is 1.18. The molecule has 0 spiro atoms. The van der Waals surface area contributed by atoms with Crippen LogP contribution in [0.2, 0.25) is 0 Å². The van der Waals surface area contributed by atoms with Crippen molar-refractivity contribution in [2.75, 3.05) is 13.6 Å². The third-order valence-electron chi connectivity index (χ3n) is 1.86. The number of carboxylic acids is 1. The van der Waals surface area contributed by atoms with Gasteiger partial charge in [-0.2, -0.15) is 0 Å². The van der Waals surface area contributed by atoms with Crippen LogP contribution in [0.25, 0.3) is 0 Å². The summed E-state index contributed by atoms with van der Waals surface area (Å²) in [6, 6.07) is 3.19. The number of hydrogen-bond acceptors (Lipinski definition) is 3. The van der Waals surface area contributed by atoms with E-state index >= 15 is 0 Å². The maximum atomic E-state index is 11.7. The Morgan fingerprint density at radius 2 is 2.20 bits per heavy atom. The maximum absolute atomic E-state index is 11.7. The highest BCUT2D eigenvalue weighted by molar-refractivity contribution is 5.95. The van der Waals surface area contributed by atoms with Gasteiger partial charge >= 0.3 is 5.97 Å². The smallest absolute Gasteiger partial charge is 0.323 e. The van der Waals surface area contributed by atoms with Gasteiger partial charge in [-0.3, -0.25) is 14.6 Å². The molecule has 5 nitrogen and oxygen atoms in total.